The van der Waals surface area contributed by atoms with Gasteiger partial charge in [-0.05, 0) is 31.5 Å². The highest BCUT2D eigenvalue weighted by molar-refractivity contribution is 5.75. The number of nitrogens with zero attached hydrogens (tertiary/aromatic N) is 2. The number of nitrogens with one attached hydrogen (secondary N) is 1. The van der Waals surface area contributed by atoms with Gasteiger partial charge in [-0.1, -0.05) is 18.6 Å². The molecule has 0 aliphatic carbocycles. The lowest BCUT2D eigenvalue weighted by molar-refractivity contribution is 0.221. The molecule has 1 unspecified atom stereocenters. The molecule has 1 saturated heterocycles. The topological polar surface area (TPSA) is 56.3 Å². The van der Waals surface area contributed by atoms with E-state index in [1.165, 1.54) is 12.8 Å². The SMILES string of the molecule is COc1nc2ccccc2nc1OCC1CCCCN1. The molecule has 0 radical (unpaired) electrons. The first kappa shape index (κ1) is 13.1. The Morgan fingerprint density at radius 1 is 1.15 bits per heavy atom. The minimum Gasteiger partial charge on any atom is -0.477 e. The van der Waals surface area contributed by atoms with E-state index >= 15 is 0 Å². The first-order valence-electron chi connectivity index (χ1n) is 7.04. The monoisotopic (exact) mass is 273 g/mol. The summed E-state index contributed by atoms with van der Waals surface area (Å²) >= 11 is 0. The van der Waals surface area contributed by atoms with Gasteiger partial charge in [-0.2, -0.15) is 0 Å². The molecule has 1 aliphatic heterocycles. The molecule has 1 atom stereocenters. The van der Waals surface area contributed by atoms with Gasteiger partial charge >= 0.3 is 0 Å². The van der Waals surface area contributed by atoms with Crippen molar-refractivity contribution in [2.75, 3.05) is 20.3 Å². The molecule has 2 heterocycles. The minimum absolute atomic E-state index is 0.390. The van der Waals surface area contributed by atoms with Gasteiger partial charge < -0.3 is 14.8 Å². The fourth-order valence-corrected chi connectivity index (χ4v) is 2.44. The molecule has 20 heavy (non-hydrogen) atoms. The summed E-state index contributed by atoms with van der Waals surface area (Å²) in [5, 5.41) is 3.45. The number of benzene rings is 1. The standard InChI is InChI=1S/C15H19N3O2/c1-19-14-15(20-10-11-6-4-5-9-16-11)18-13-8-3-2-7-12(13)17-14/h2-3,7-8,11,16H,4-6,9-10H2,1H3. The molecule has 0 amide bonds. The number of methoxy groups -OCH3 is 1. The van der Waals surface area contributed by atoms with Crippen LogP contribution in [0.1, 0.15) is 19.3 Å². The lowest BCUT2D eigenvalue weighted by Crippen LogP contribution is -2.38. The number of para-hydroxylation sites is 2. The summed E-state index contributed by atoms with van der Waals surface area (Å²) in [6, 6.07) is 8.10. The van der Waals surface area contributed by atoms with E-state index in [1.54, 1.807) is 7.11 Å². The highest BCUT2D eigenvalue weighted by Crippen LogP contribution is 2.25. The van der Waals surface area contributed by atoms with E-state index in [1.807, 2.05) is 24.3 Å². The van der Waals surface area contributed by atoms with E-state index in [0.29, 0.717) is 24.4 Å². The zero-order chi connectivity index (χ0) is 13.8. The molecule has 1 aliphatic rings. The first-order valence-corrected chi connectivity index (χ1v) is 7.04. The second-order valence-corrected chi connectivity index (χ2v) is 4.98. The number of ether oxygens (including phenoxy) is 2. The highest BCUT2D eigenvalue weighted by atomic mass is 16.5. The molecule has 0 saturated carbocycles. The molecule has 1 fully saturated rings. The molecule has 1 aromatic carbocycles. The average Bonchev–Trinajstić information content (AvgIpc) is 2.53. The van der Waals surface area contributed by atoms with Gasteiger partial charge in [0.25, 0.3) is 11.8 Å². The van der Waals surface area contributed by atoms with Gasteiger partial charge in [-0.3, -0.25) is 0 Å². The van der Waals surface area contributed by atoms with Crippen molar-refractivity contribution in [2.24, 2.45) is 0 Å². The molecular weight excluding hydrogens is 254 g/mol. The Morgan fingerprint density at radius 2 is 1.90 bits per heavy atom. The number of hydrogen-bond donors (Lipinski definition) is 1. The number of rotatable bonds is 4. The van der Waals surface area contributed by atoms with Crippen LogP contribution in [0.3, 0.4) is 0 Å². The Hall–Kier alpha value is -1.88. The zero-order valence-corrected chi connectivity index (χ0v) is 11.6. The lowest BCUT2D eigenvalue weighted by atomic mass is 10.1. The van der Waals surface area contributed by atoms with Crippen molar-refractivity contribution in [1.29, 1.82) is 0 Å². The molecule has 0 bridgehead atoms. The molecular formula is C15H19N3O2. The molecule has 106 valence electrons. The predicted molar refractivity (Wildman–Crippen MR) is 77.2 cm³/mol. The van der Waals surface area contributed by atoms with Gasteiger partial charge in [0.1, 0.15) is 6.61 Å². The van der Waals surface area contributed by atoms with Gasteiger partial charge in [0.05, 0.1) is 18.1 Å². The number of aromatic nitrogens is 2. The summed E-state index contributed by atoms with van der Waals surface area (Å²) in [5.74, 6) is 0.915. The Bertz CT molecular complexity index is 582. The van der Waals surface area contributed by atoms with Crippen LogP contribution in [0.2, 0.25) is 0 Å². The third-order valence-electron chi connectivity index (χ3n) is 3.54. The van der Waals surface area contributed by atoms with E-state index < -0.39 is 0 Å². The number of hydrogen-bond acceptors (Lipinski definition) is 5. The van der Waals surface area contributed by atoms with E-state index in [2.05, 4.69) is 15.3 Å². The maximum Gasteiger partial charge on any atom is 0.278 e. The van der Waals surface area contributed by atoms with Crippen molar-refractivity contribution in [3.63, 3.8) is 0 Å². The van der Waals surface area contributed by atoms with Crippen molar-refractivity contribution >= 4 is 11.0 Å². The Balaban J connectivity index is 1.78. The maximum absolute atomic E-state index is 5.81. The molecule has 3 rings (SSSR count). The van der Waals surface area contributed by atoms with Gasteiger partial charge in [0.2, 0.25) is 0 Å². The Morgan fingerprint density at radius 3 is 2.55 bits per heavy atom. The van der Waals surface area contributed by atoms with Crippen LogP contribution in [0, 0.1) is 0 Å². The fourth-order valence-electron chi connectivity index (χ4n) is 2.44. The van der Waals surface area contributed by atoms with Crippen molar-refractivity contribution in [3.8, 4) is 11.8 Å². The lowest BCUT2D eigenvalue weighted by Gasteiger charge is -2.23. The van der Waals surface area contributed by atoms with Crippen molar-refractivity contribution in [3.05, 3.63) is 24.3 Å². The summed E-state index contributed by atoms with van der Waals surface area (Å²) in [5.41, 5.74) is 1.63. The van der Waals surface area contributed by atoms with Crippen LogP contribution in [-0.4, -0.2) is 36.3 Å². The third-order valence-corrected chi connectivity index (χ3v) is 3.54. The first-order chi connectivity index (χ1) is 9.86. The average molecular weight is 273 g/mol. The van der Waals surface area contributed by atoms with Crippen LogP contribution in [0.15, 0.2) is 24.3 Å². The highest BCUT2D eigenvalue weighted by Gasteiger charge is 2.16. The third kappa shape index (κ3) is 2.82. The smallest absolute Gasteiger partial charge is 0.278 e. The fraction of sp³-hybridized carbons (Fsp3) is 0.467. The molecule has 5 heteroatoms. The summed E-state index contributed by atoms with van der Waals surface area (Å²) in [4.78, 5) is 8.92. The van der Waals surface area contributed by atoms with Crippen molar-refractivity contribution < 1.29 is 9.47 Å². The minimum atomic E-state index is 0.390. The van der Waals surface area contributed by atoms with Crippen LogP contribution in [0.25, 0.3) is 11.0 Å². The summed E-state index contributed by atoms with van der Waals surface area (Å²) in [7, 11) is 1.59. The van der Waals surface area contributed by atoms with Crippen LogP contribution >= 0.6 is 0 Å². The van der Waals surface area contributed by atoms with E-state index in [4.69, 9.17) is 9.47 Å². The molecule has 2 aromatic rings. The largest absolute Gasteiger partial charge is 0.477 e. The molecule has 1 aromatic heterocycles. The van der Waals surface area contributed by atoms with Crippen LogP contribution in [-0.2, 0) is 0 Å². The summed E-state index contributed by atoms with van der Waals surface area (Å²) in [6.07, 6.45) is 3.64. The van der Waals surface area contributed by atoms with Crippen molar-refractivity contribution in [2.45, 2.75) is 25.3 Å². The van der Waals surface area contributed by atoms with Gasteiger partial charge in [-0.25, -0.2) is 9.97 Å². The van der Waals surface area contributed by atoms with Crippen molar-refractivity contribution in [1.82, 2.24) is 15.3 Å². The van der Waals surface area contributed by atoms with E-state index in [9.17, 15) is 0 Å². The normalized spacial score (nSPS) is 18.9. The Labute approximate surface area is 118 Å². The summed E-state index contributed by atoms with van der Waals surface area (Å²) in [6.45, 7) is 1.66. The van der Waals surface area contributed by atoms with Gasteiger partial charge in [0.15, 0.2) is 0 Å². The number of fused-ring (bicyclic) bond motifs is 1. The molecule has 5 nitrogen and oxygen atoms in total. The van der Waals surface area contributed by atoms with Crippen LogP contribution in [0.4, 0.5) is 0 Å². The van der Waals surface area contributed by atoms with Crippen LogP contribution in [0.5, 0.6) is 11.8 Å². The van der Waals surface area contributed by atoms with E-state index in [-0.39, 0.29) is 0 Å². The predicted octanol–water partition coefficient (Wildman–Crippen LogP) is 2.16. The van der Waals surface area contributed by atoms with Gasteiger partial charge in [0, 0.05) is 6.04 Å². The summed E-state index contributed by atoms with van der Waals surface area (Å²) < 4.78 is 11.1. The maximum atomic E-state index is 5.81. The second kappa shape index (κ2) is 6.05. The van der Waals surface area contributed by atoms with E-state index in [0.717, 1.165) is 24.0 Å². The van der Waals surface area contributed by atoms with Crippen LogP contribution < -0.4 is 14.8 Å². The number of piperidine rings is 1. The second-order valence-electron chi connectivity index (χ2n) is 4.98. The zero-order valence-electron chi connectivity index (χ0n) is 11.6. The quantitative estimate of drug-likeness (QED) is 0.925. The van der Waals surface area contributed by atoms with Gasteiger partial charge in [-0.15, -0.1) is 0 Å². The Kier molecular flexibility index (Phi) is 3.97. The molecule has 1 N–H and O–H groups in total. The molecule has 0 spiro atoms.